The molecule has 2 heterocycles. The first-order valence-electron chi connectivity index (χ1n) is 9.78. The minimum absolute atomic E-state index is 0.0543. The molecule has 1 N–H and O–H groups in total. The number of halogens is 4. The molecular weight excluding hydrogens is 475 g/mol. The largest absolute Gasteiger partial charge is 0.480 e. The van der Waals surface area contributed by atoms with E-state index < -0.39 is 29.4 Å². The first-order chi connectivity index (χ1) is 16.1. The number of rotatable bonds is 6. The van der Waals surface area contributed by atoms with Crippen LogP contribution in [0.15, 0.2) is 71.9 Å². The summed E-state index contributed by atoms with van der Waals surface area (Å²) in [5.41, 5.74) is -0.696. The van der Waals surface area contributed by atoms with Gasteiger partial charge < -0.3 is 5.11 Å². The average Bonchev–Trinajstić information content (AvgIpc) is 3.29. The van der Waals surface area contributed by atoms with Gasteiger partial charge in [-0.05, 0) is 23.8 Å². The minimum Gasteiger partial charge on any atom is -0.480 e. The summed E-state index contributed by atoms with van der Waals surface area (Å²) in [6, 6.07) is 12.9. The van der Waals surface area contributed by atoms with E-state index in [0.717, 1.165) is 27.2 Å². The number of alkyl halides is 3. The number of hydrogen-bond donors (Lipinski definition) is 1. The third-order valence-corrected chi connectivity index (χ3v) is 5.23. The third-order valence-electron chi connectivity index (χ3n) is 4.99. The molecule has 0 amide bonds. The number of nitrogens with zero attached hydrogens (tertiary/aromatic N) is 5. The topological polar surface area (TPSA) is 103 Å². The zero-order chi connectivity index (χ0) is 24.5. The van der Waals surface area contributed by atoms with Crippen molar-refractivity contribution in [3.05, 3.63) is 93.8 Å². The summed E-state index contributed by atoms with van der Waals surface area (Å²) in [5.74, 6) is -1.22. The highest BCUT2D eigenvalue weighted by Gasteiger charge is 2.34. The summed E-state index contributed by atoms with van der Waals surface area (Å²) < 4.78 is 40.8. The highest BCUT2D eigenvalue weighted by Crippen LogP contribution is 2.31. The van der Waals surface area contributed by atoms with E-state index in [4.69, 9.17) is 11.6 Å². The third kappa shape index (κ3) is 4.84. The molecule has 34 heavy (non-hydrogen) atoms. The van der Waals surface area contributed by atoms with Gasteiger partial charge in [-0.2, -0.15) is 13.2 Å². The van der Waals surface area contributed by atoms with Crippen LogP contribution in [-0.2, 0) is 17.4 Å². The molecule has 174 valence electrons. The molecule has 4 aromatic rings. The molecule has 0 unspecified atom stereocenters. The fraction of sp³-hybridized carbons (Fsp3) is 0.136. The van der Waals surface area contributed by atoms with Crippen LogP contribution in [-0.4, -0.2) is 35.6 Å². The molecule has 0 fully saturated rings. The lowest BCUT2D eigenvalue weighted by Crippen LogP contribution is -2.31. The van der Waals surface area contributed by atoms with Gasteiger partial charge in [-0.1, -0.05) is 47.1 Å². The van der Waals surface area contributed by atoms with Crippen LogP contribution in [0.4, 0.5) is 13.2 Å². The van der Waals surface area contributed by atoms with Gasteiger partial charge in [0.2, 0.25) is 0 Å². The molecule has 0 saturated heterocycles. The second-order valence-corrected chi connectivity index (χ2v) is 7.71. The van der Waals surface area contributed by atoms with E-state index in [9.17, 15) is 27.9 Å². The van der Waals surface area contributed by atoms with Crippen LogP contribution in [0, 0.1) is 0 Å². The van der Waals surface area contributed by atoms with Crippen molar-refractivity contribution in [3.63, 3.8) is 0 Å². The normalized spacial score (nSPS) is 12.5. The van der Waals surface area contributed by atoms with E-state index in [2.05, 4.69) is 15.3 Å². The minimum atomic E-state index is -4.69. The molecule has 2 aromatic carbocycles. The predicted octanol–water partition coefficient (Wildman–Crippen LogP) is 4.03. The Morgan fingerprint density at radius 1 is 1.12 bits per heavy atom. The van der Waals surface area contributed by atoms with Crippen molar-refractivity contribution in [1.82, 2.24) is 24.5 Å². The number of aromatic nitrogens is 5. The van der Waals surface area contributed by atoms with E-state index in [1.54, 1.807) is 30.3 Å². The van der Waals surface area contributed by atoms with Gasteiger partial charge in [-0.25, -0.2) is 14.5 Å². The molecule has 4 rings (SSSR count). The number of carboxylic acid groups (broad SMARTS) is 1. The molecule has 2 aromatic heterocycles. The Balaban J connectivity index is 1.74. The van der Waals surface area contributed by atoms with Crippen molar-refractivity contribution in [2.75, 3.05) is 0 Å². The van der Waals surface area contributed by atoms with Crippen LogP contribution in [0.5, 0.6) is 0 Å². The molecule has 0 aliphatic rings. The zero-order valence-electron chi connectivity index (χ0n) is 17.1. The molecule has 8 nitrogen and oxygen atoms in total. The maximum absolute atomic E-state index is 13.0. The van der Waals surface area contributed by atoms with Gasteiger partial charge in [0.1, 0.15) is 6.04 Å². The second kappa shape index (κ2) is 9.10. The molecule has 0 aliphatic carbocycles. The molecule has 0 aliphatic heterocycles. The fourth-order valence-corrected chi connectivity index (χ4v) is 3.53. The van der Waals surface area contributed by atoms with Gasteiger partial charge in [0.25, 0.3) is 5.56 Å². The van der Waals surface area contributed by atoms with E-state index in [1.165, 1.54) is 18.2 Å². The smallest absolute Gasteiger partial charge is 0.436 e. The maximum atomic E-state index is 13.0. The molecule has 0 spiro atoms. The standard InChI is InChI=1S/C22H15ClF3N5O3/c23-14-6-7-17(31-11-19(28-29-31)22(24,25)26)15(9-14)16-10-20(32)30(12-27-16)18(21(33)34)8-13-4-2-1-3-5-13/h1-7,9-12,18H,8H2,(H,33,34)/t18-/m0/s1. The van der Waals surface area contributed by atoms with Gasteiger partial charge in [0.15, 0.2) is 5.69 Å². The molecule has 0 radical (unpaired) electrons. The lowest BCUT2D eigenvalue weighted by Gasteiger charge is -2.16. The van der Waals surface area contributed by atoms with Gasteiger partial charge >= 0.3 is 12.1 Å². The summed E-state index contributed by atoms with van der Waals surface area (Å²) in [6.45, 7) is 0. The fourth-order valence-electron chi connectivity index (χ4n) is 3.36. The monoisotopic (exact) mass is 489 g/mol. The van der Waals surface area contributed by atoms with Crippen LogP contribution in [0.25, 0.3) is 16.9 Å². The Morgan fingerprint density at radius 2 is 1.85 bits per heavy atom. The maximum Gasteiger partial charge on any atom is 0.436 e. The molecule has 0 saturated carbocycles. The number of benzene rings is 2. The highest BCUT2D eigenvalue weighted by atomic mass is 35.5. The molecule has 12 heteroatoms. The summed E-state index contributed by atoms with van der Waals surface area (Å²) in [7, 11) is 0. The second-order valence-electron chi connectivity index (χ2n) is 7.27. The first-order valence-corrected chi connectivity index (χ1v) is 10.2. The van der Waals surface area contributed by atoms with Gasteiger partial charge in [-0.15, -0.1) is 5.10 Å². The Hall–Kier alpha value is -3.99. The van der Waals surface area contributed by atoms with E-state index >= 15 is 0 Å². The van der Waals surface area contributed by atoms with Crippen LogP contribution in [0.1, 0.15) is 17.3 Å². The summed E-state index contributed by atoms with van der Waals surface area (Å²) in [5, 5.41) is 16.6. The number of carboxylic acids is 1. The lowest BCUT2D eigenvalue weighted by molar-refractivity contribution is -0.142. The van der Waals surface area contributed by atoms with E-state index in [-0.39, 0.29) is 28.4 Å². The summed E-state index contributed by atoms with van der Waals surface area (Å²) in [4.78, 5) is 28.9. The quantitative estimate of drug-likeness (QED) is 0.438. The SMILES string of the molecule is O=C(O)[C@H](Cc1ccccc1)n1cnc(-c2cc(Cl)ccc2-n2cc(C(F)(F)F)nn2)cc1=O. The highest BCUT2D eigenvalue weighted by molar-refractivity contribution is 6.31. The van der Waals surface area contributed by atoms with Crippen molar-refractivity contribution in [2.24, 2.45) is 0 Å². The van der Waals surface area contributed by atoms with E-state index in [0.29, 0.717) is 6.20 Å². The predicted molar refractivity (Wildman–Crippen MR) is 116 cm³/mol. The Bertz CT molecular complexity index is 1400. The number of carbonyl (C=O) groups is 1. The Kier molecular flexibility index (Phi) is 6.20. The van der Waals surface area contributed by atoms with Crippen LogP contribution in [0.2, 0.25) is 5.02 Å². The van der Waals surface area contributed by atoms with Gasteiger partial charge in [0.05, 0.1) is 23.9 Å². The van der Waals surface area contributed by atoms with Gasteiger partial charge in [-0.3, -0.25) is 9.36 Å². The molecule has 0 bridgehead atoms. The molecule has 1 atom stereocenters. The van der Waals surface area contributed by atoms with Crippen LogP contribution >= 0.6 is 11.6 Å². The summed E-state index contributed by atoms with van der Waals surface area (Å²) >= 11 is 6.07. The first kappa shape index (κ1) is 23.2. The van der Waals surface area contributed by atoms with Crippen molar-refractivity contribution in [2.45, 2.75) is 18.6 Å². The zero-order valence-corrected chi connectivity index (χ0v) is 17.9. The van der Waals surface area contributed by atoms with Crippen LogP contribution in [0.3, 0.4) is 0 Å². The number of aliphatic carboxylic acids is 1. The van der Waals surface area contributed by atoms with Crippen LogP contribution < -0.4 is 5.56 Å². The average molecular weight is 490 g/mol. The summed E-state index contributed by atoms with van der Waals surface area (Å²) in [6.07, 6.45) is -2.84. The van der Waals surface area contributed by atoms with Crippen molar-refractivity contribution < 1.29 is 23.1 Å². The van der Waals surface area contributed by atoms with Crippen molar-refractivity contribution in [3.8, 4) is 16.9 Å². The Labute approximate surface area is 194 Å². The number of hydrogen-bond acceptors (Lipinski definition) is 5. The van der Waals surface area contributed by atoms with E-state index in [1.807, 2.05) is 0 Å². The van der Waals surface area contributed by atoms with Crippen molar-refractivity contribution >= 4 is 17.6 Å². The van der Waals surface area contributed by atoms with Crippen molar-refractivity contribution in [1.29, 1.82) is 0 Å². The van der Waals surface area contributed by atoms with Gasteiger partial charge in [0, 0.05) is 23.1 Å². The lowest BCUT2D eigenvalue weighted by atomic mass is 10.1. The molecular formula is C22H15ClF3N5O3. The Morgan fingerprint density at radius 3 is 2.47 bits per heavy atom.